The highest BCUT2D eigenvalue weighted by atomic mass is 32.2. The molecule has 0 unspecified atom stereocenters. The Labute approximate surface area is 222 Å². The van der Waals surface area contributed by atoms with Crippen LogP contribution in [0.1, 0.15) is 33.6 Å². The van der Waals surface area contributed by atoms with Crippen LogP contribution in [0.15, 0.2) is 91.0 Å². The van der Waals surface area contributed by atoms with Gasteiger partial charge in [-0.15, -0.1) is 11.8 Å². The van der Waals surface area contributed by atoms with Crippen LogP contribution in [0.25, 0.3) is 0 Å². The molecule has 0 fully saturated rings. The normalized spacial score (nSPS) is 13.9. The zero-order chi connectivity index (χ0) is 27.3. The van der Waals surface area contributed by atoms with Gasteiger partial charge in [0.05, 0.1) is 5.56 Å². The van der Waals surface area contributed by atoms with Crippen LogP contribution < -0.4 is 4.74 Å². The van der Waals surface area contributed by atoms with Crippen molar-refractivity contribution in [2.24, 2.45) is 0 Å². The van der Waals surface area contributed by atoms with Crippen molar-refractivity contribution in [1.82, 2.24) is 9.97 Å². The van der Waals surface area contributed by atoms with Crippen LogP contribution in [0.5, 0.6) is 6.01 Å². The lowest BCUT2D eigenvalue weighted by Gasteiger charge is -2.39. The lowest BCUT2D eigenvalue weighted by atomic mass is 9.84. The van der Waals surface area contributed by atoms with E-state index in [1.54, 1.807) is 50.2 Å². The molecule has 0 bridgehead atoms. The number of alkyl halides is 3. The number of hydrogen-bond acceptors (Lipinski definition) is 5. The van der Waals surface area contributed by atoms with E-state index in [0.717, 1.165) is 17.7 Å². The minimum atomic E-state index is -4.54. The van der Waals surface area contributed by atoms with Crippen molar-refractivity contribution in [3.8, 4) is 6.01 Å². The van der Waals surface area contributed by atoms with E-state index in [-0.39, 0.29) is 6.01 Å². The largest absolute Gasteiger partial charge is 0.478 e. The first-order valence-corrected chi connectivity index (χ1v) is 12.7. The number of aromatic nitrogens is 2. The van der Waals surface area contributed by atoms with E-state index >= 15 is 0 Å². The summed E-state index contributed by atoms with van der Waals surface area (Å²) in [7, 11) is 0. The van der Waals surface area contributed by atoms with Crippen molar-refractivity contribution in [2.45, 2.75) is 36.6 Å². The van der Waals surface area contributed by atoms with E-state index in [4.69, 9.17) is 4.74 Å². The summed E-state index contributed by atoms with van der Waals surface area (Å²) in [6, 6.07) is 24.4. The Morgan fingerprint density at radius 3 is 1.87 bits per heavy atom. The van der Waals surface area contributed by atoms with Gasteiger partial charge < -0.3 is 9.84 Å². The van der Waals surface area contributed by atoms with Crippen LogP contribution in [-0.2, 0) is 21.5 Å². The number of nitrogens with zero attached hydrogens (tertiary/aromatic N) is 2. The number of carbonyl (C=O) groups is 1. The van der Waals surface area contributed by atoms with E-state index < -0.39 is 28.6 Å². The third kappa shape index (κ3) is 5.99. The number of benzene rings is 3. The molecule has 0 saturated carbocycles. The molecule has 0 saturated heterocycles. The topological polar surface area (TPSA) is 72.3 Å². The van der Waals surface area contributed by atoms with Crippen molar-refractivity contribution in [3.63, 3.8) is 0 Å². The van der Waals surface area contributed by atoms with Gasteiger partial charge >= 0.3 is 18.2 Å². The maximum Gasteiger partial charge on any atom is 0.416 e. The SMILES string of the molecule is Cc1cc(C)nc(O[C@H](C(=O)O)[C@](SCc2ccccc2)(c2ccccc2)c2ccc(C(F)(F)F)cc2)n1. The van der Waals surface area contributed by atoms with E-state index in [2.05, 4.69) is 9.97 Å². The number of aliphatic carboxylic acids is 1. The summed E-state index contributed by atoms with van der Waals surface area (Å²) in [6.45, 7) is 3.48. The molecule has 0 amide bonds. The third-order valence-electron chi connectivity index (χ3n) is 5.93. The van der Waals surface area contributed by atoms with Gasteiger partial charge in [0.15, 0.2) is 0 Å². The number of halogens is 3. The van der Waals surface area contributed by atoms with Gasteiger partial charge in [0, 0.05) is 17.1 Å². The highest BCUT2D eigenvalue weighted by Gasteiger charge is 2.49. The van der Waals surface area contributed by atoms with Crippen LogP contribution in [0, 0.1) is 13.8 Å². The minimum Gasteiger partial charge on any atom is -0.478 e. The molecule has 1 N–H and O–H groups in total. The Hall–Kier alpha value is -3.85. The third-order valence-corrected chi connectivity index (χ3v) is 7.55. The second-order valence-corrected chi connectivity index (χ2v) is 9.94. The number of thioether (sulfide) groups is 1. The summed E-state index contributed by atoms with van der Waals surface area (Å²) in [6.07, 6.45) is -6.13. The van der Waals surface area contributed by atoms with Crippen molar-refractivity contribution < 1.29 is 27.8 Å². The van der Waals surface area contributed by atoms with E-state index in [9.17, 15) is 23.1 Å². The fourth-order valence-electron chi connectivity index (χ4n) is 4.23. The second kappa shape index (κ2) is 11.3. The number of carboxylic acids is 1. The Morgan fingerprint density at radius 1 is 0.842 bits per heavy atom. The van der Waals surface area contributed by atoms with E-state index in [1.807, 2.05) is 30.3 Å². The molecule has 0 aliphatic rings. The molecule has 196 valence electrons. The van der Waals surface area contributed by atoms with Crippen LogP contribution in [0.3, 0.4) is 0 Å². The number of rotatable bonds is 9. The summed E-state index contributed by atoms with van der Waals surface area (Å²) >= 11 is 1.26. The van der Waals surface area contributed by atoms with Crippen LogP contribution in [-0.4, -0.2) is 27.1 Å². The van der Waals surface area contributed by atoms with Gasteiger partial charge in [0.2, 0.25) is 6.10 Å². The van der Waals surface area contributed by atoms with Gasteiger partial charge in [-0.25, -0.2) is 14.8 Å². The van der Waals surface area contributed by atoms with Gasteiger partial charge in [-0.2, -0.15) is 13.2 Å². The van der Waals surface area contributed by atoms with Gasteiger partial charge in [-0.3, -0.25) is 0 Å². The average molecular weight is 539 g/mol. The molecule has 0 aliphatic carbocycles. The Bertz CT molecular complexity index is 1360. The average Bonchev–Trinajstić information content (AvgIpc) is 2.88. The van der Waals surface area contributed by atoms with Crippen molar-refractivity contribution in [2.75, 3.05) is 0 Å². The van der Waals surface area contributed by atoms with Crippen molar-refractivity contribution >= 4 is 17.7 Å². The number of ether oxygens (including phenoxy) is 1. The standard InChI is InChI=1S/C29H25F3N2O3S/c1-19-17-20(2)34-27(33-19)37-25(26(35)36)28(22-11-7-4-8-12-22,38-18-21-9-5-3-6-10-21)23-13-15-24(16-14-23)29(30,31)32/h3-17,25H,18H2,1-2H3,(H,35,36)/t25-,28+/m1/s1. The smallest absolute Gasteiger partial charge is 0.416 e. The molecule has 9 heteroatoms. The van der Waals surface area contributed by atoms with Gasteiger partial charge in [0.25, 0.3) is 0 Å². The Balaban J connectivity index is 1.93. The Kier molecular flexibility index (Phi) is 8.06. The summed E-state index contributed by atoms with van der Waals surface area (Å²) in [5.41, 5.74) is 2.16. The predicted octanol–water partition coefficient (Wildman–Crippen LogP) is 6.82. The first-order chi connectivity index (χ1) is 18.1. The number of hydrogen-bond donors (Lipinski definition) is 1. The molecular formula is C29H25F3N2O3S. The fraction of sp³-hybridized carbons (Fsp3) is 0.207. The molecule has 4 rings (SSSR count). The molecule has 3 aromatic carbocycles. The lowest BCUT2D eigenvalue weighted by molar-refractivity contribution is -0.146. The molecule has 2 atom stereocenters. The first kappa shape index (κ1) is 27.2. The zero-order valence-electron chi connectivity index (χ0n) is 20.6. The highest BCUT2D eigenvalue weighted by Crippen LogP contribution is 2.49. The maximum absolute atomic E-state index is 13.4. The van der Waals surface area contributed by atoms with Crippen molar-refractivity contribution in [3.05, 3.63) is 125 Å². The van der Waals surface area contributed by atoms with Crippen LogP contribution >= 0.6 is 11.8 Å². The highest BCUT2D eigenvalue weighted by molar-refractivity contribution is 7.99. The molecule has 4 aromatic rings. The molecule has 1 aromatic heterocycles. The first-order valence-electron chi connectivity index (χ1n) is 11.7. The van der Waals surface area contributed by atoms with Crippen LogP contribution in [0.4, 0.5) is 13.2 Å². The maximum atomic E-state index is 13.4. The number of carboxylic acid groups (broad SMARTS) is 1. The van der Waals surface area contributed by atoms with E-state index in [1.165, 1.54) is 23.9 Å². The fourth-order valence-corrected chi connectivity index (χ4v) is 5.73. The van der Waals surface area contributed by atoms with Gasteiger partial charge in [-0.1, -0.05) is 72.8 Å². The molecule has 0 aliphatic heterocycles. The summed E-state index contributed by atoms with van der Waals surface area (Å²) in [5.74, 6) is -0.950. The summed E-state index contributed by atoms with van der Waals surface area (Å²) in [4.78, 5) is 21.5. The quantitative estimate of drug-likeness (QED) is 0.252. The molecule has 0 radical (unpaired) electrons. The summed E-state index contributed by atoms with van der Waals surface area (Å²) < 4.78 is 44.8. The monoisotopic (exact) mass is 538 g/mol. The molecule has 0 spiro atoms. The van der Waals surface area contributed by atoms with Crippen molar-refractivity contribution in [1.29, 1.82) is 0 Å². The summed E-state index contributed by atoms with van der Waals surface area (Å²) in [5, 5.41) is 10.5. The second-order valence-electron chi connectivity index (χ2n) is 8.72. The molecule has 1 heterocycles. The molecule has 5 nitrogen and oxygen atoms in total. The van der Waals surface area contributed by atoms with Gasteiger partial charge in [-0.05, 0) is 48.7 Å². The van der Waals surface area contributed by atoms with Gasteiger partial charge in [0.1, 0.15) is 4.75 Å². The Morgan fingerprint density at radius 2 is 1.34 bits per heavy atom. The molecular weight excluding hydrogens is 513 g/mol. The molecule has 38 heavy (non-hydrogen) atoms. The predicted molar refractivity (Wildman–Crippen MR) is 140 cm³/mol. The zero-order valence-corrected chi connectivity index (χ0v) is 21.5. The lowest BCUT2D eigenvalue weighted by Crippen LogP contribution is -2.47. The van der Waals surface area contributed by atoms with Crippen LogP contribution in [0.2, 0.25) is 0 Å². The van der Waals surface area contributed by atoms with E-state index in [0.29, 0.717) is 28.3 Å². The minimum absolute atomic E-state index is 0.123. The number of aryl methyl sites for hydroxylation is 2.